The Labute approximate surface area is 155 Å². The predicted octanol–water partition coefficient (Wildman–Crippen LogP) is 4.57. The number of nitrogens with zero attached hydrogens (tertiary/aromatic N) is 1. The summed E-state index contributed by atoms with van der Waals surface area (Å²) in [6.45, 7) is 0.567. The zero-order valence-electron chi connectivity index (χ0n) is 14.7. The molecule has 27 heavy (non-hydrogen) atoms. The third-order valence-electron chi connectivity index (χ3n) is 5.65. The maximum atomic E-state index is 13.2. The number of carbonyl (C=O) groups excluding carboxylic acids is 1. The first-order valence-electron chi connectivity index (χ1n) is 9.16. The molecule has 4 nitrogen and oxygen atoms in total. The van der Waals surface area contributed by atoms with E-state index in [0.717, 1.165) is 12.5 Å². The molecule has 2 aliphatic heterocycles. The molecular formula is C20H21F3N2O2. The normalized spacial score (nSPS) is 28.0. The first kappa shape index (κ1) is 17.9. The molecule has 1 aromatic carbocycles. The van der Waals surface area contributed by atoms with E-state index in [-0.39, 0.29) is 29.7 Å². The molecule has 2 N–H and O–H groups in total. The number of alkyl halides is 3. The van der Waals surface area contributed by atoms with Crippen molar-refractivity contribution >= 4 is 11.6 Å². The number of allylic oxidation sites excluding steroid dienone is 3. The van der Waals surface area contributed by atoms with Crippen LogP contribution in [0.2, 0.25) is 0 Å². The molecule has 1 aliphatic carbocycles. The number of benzene rings is 1. The lowest BCUT2D eigenvalue weighted by Crippen LogP contribution is -2.41. The highest BCUT2D eigenvalue weighted by Crippen LogP contribution is 2.43. The molecule has 0 aromatic heterocycles. The Hall–Kier alpha value is -2.44. The molecule has 4 rings (SSSR count). The molecule has 3 aliphatic rings. The molecule has 3 unspecified atom stereocenters. The zero-order chi connectivity index (χ0) is 19.2. The van der Waals surface area contributed by atoms with E-state index >= 15 is 0 Å². The topological polar surface area (TPSA) is 52.6 Å². The van der Waals surface area contributed by atoms with Crippen molar-refractivity contribution in [2.24, 2.45) is 5.92 Å². The minimum Gasteiger partial charge on any atom is -0.512 e. The van der Waals surface area contributed by atoms with Crippen LogP contribution in [-0.4, -0.2) is 28.5 Å². The van der Waals surface area contributed by atoms with Crippen LogP contribution < -0.4 is 5.32 Å². The van der Waals surface area contributed by atoms with E-state index in [1.807, 2.05) is 6.08 Å². The average molecular weight is 378 g/mol. The van der Waals surface area contributed by atoms with Crippen LogP contribution in [0.1, 0.15) is 42.9 Å². The summed E-state index contributed by atoms with van der Waals surface area (Å²) in [5.41, 5.74) is 0.457. The van der Waals surface area contributed by atoms with Gasteiger partial charge in [0.15, 0.2) is 0 Å². The Kier molecular flexibility index (Phi) is 4.40. The minimum absolute atomic E-state index is 0.00839. The average Bonchev–Trinajstić information content (AvgIpc) is 3.05. The molecule has 7 heteroatoms. The van der Waals surface area contributed by atoms with Crippen LogP contribution in [0.5, 0.6) is 0 Å². The van der Waals surface area contributed by atoms with Crippen LogP contribution in [0.3, 0.4) is 0 Å². The van der Waals surface area contributed by atoms with Gasteiger partial charge in [-0.25, -0.2) is 0 Å². The fourth-order valence-corrected chi connectivity index (χ4v) is 4.31. The summed E-state index contributed by atoms with van der Waals surface area (Å²) in [6.07, 6.45) is 3.18. The monoisotopic (exact) mass is 378 g/mol. The Morgan fingerprint density at radius 3 is 2.74 bits per heavy atom. The second kappa shape index (κ2) is 6.62. The number of likely N-dealkylation sites (tertiary alicyclic amines) is 1. The van der Waals surface area contributed by atoms with Crippen molar-refractivity contribution in [3.63, 3.8) is 0 Å². The van der Waals surface area contributed by atoms with E-state index in [9.17, 15) is 23.1 Å². The number of nitrogens with one attached hydrogen (secondary N) is 1. The number of rotatable bonds is 2. The SMILES string of the molecule is O=C1CCCN1C1CC(C2C=CC=C(O)C2)Nc2ccc(C(F)(F)F)cc21. The molecule has 0 bridgehead atoms. The highest BCUT2D eigenvalue weighted by Gasteiger charge is 2.39. The van der Waals surface area contributed by atoms with Crippen molar-refractivity contribution < 1.29 is 23.1 Å². The zero-order valence-corrected chi connectivity index (χ0v) is 14.7. The van der Waals surface area contributed by atoms with E-state index in [2.05, 4.69) is 5.32 Å². The number of hydrogen-bond acceptors (Lipinski definition) is 3. The van der Waals surface area contributed by atoms with E-state index in [4.69, 9.17) is 0 Å². The van der Waals surface area contributed by atoms with Crippen molar-refractivity contribution in [3.8, 4) is 0 Å². The number of halogens is 3. The van der Waals surface area contributed by atoms with Gasteiger partial charge >= 0.3 is 6.18 Å². The van der Waals surface area contributed by atoms with Crippen molar-refractivity contribution in [1.29, 1.82) is 0 Å². The van der Waals surface area contributed by atoms with Crippen LogP contribution in [0, 0.1) is 5.92 Å². The summed E-state index contributed by atoms with van der Waals surface area (Å²) in [6, 6.07) is 3.25. The molecule has 3 atom stereocenters. The van der Waals surface area contributed by atoms with Crippen molar-refractivity contribution in [3.05, 3.63) is 53.3 Å². The van der Waals surface area contributed by atoms with Crippen LogP contribution >= 0.6 is 0 Å². The number of carbonyl (C=O) groups is 1. The van der Waals surface area contributed by atoms with Gasteiger partial charge in [0.1, 0.15) is 0 Å². The second-order valence-corrected chi connectivity index (χ2v) is 7.40. The van der Waals surface area contributed by atoms with Crippen molar-refractivity contribution in [2.45, 2.75) is 43.9 Å². The van der Waals surface area contributed by atoms with Gasteiger partial charge in [-0.2, -0.15) is 13.2 Å². The molecular weight excluding hydrogens is 357 g/mol. The lowest BCUT2D eigenvalue weighted by molar-refractivity contribution is -0.137. The van der Waals surface area contributed by atoms with Gasteiger partial charge in [0.2, 0.25) is 5.91 Å². The fourth-order valence-electron chi connectivity index (χ4n) is 4.31. The van der Waals surface area contributed by atoms with Gasteiger partial charge in [-0.1, -0.05) is 12.2 Å². The first-order valence-corrected chi connectivity index (χ1v) is 9.16. The molecule has 1 saturated heterocycles. The molecule has 0 radical (unpaired) electrons. The maximum absolute atomic E-state index is 13.2. The number of hydrogen-bond donors (Lipinski definition) is 2. The van der Waals surface area contributed by atoms with E-state index in [0.29, 0.717) is 37.1 Å². The van der Waals surface area contributed by atoms with Crippen LogP contribution in [0.4, 0.5) is 18.9 Å². The van der Waals surface area contributed by atoms with Gasteiger partial charge < -0.3 is 15.3 Å². The number of anilines is 1. The molecule has 1 aromatic rings. The third kappa shape index (κ3) is 3.42. The molecule has 1 amide bonds. The van der Waals surface area contributed by atoms with Gasteiger partial charge in [-0.15, -0.1) is 0 Å². The number of amides is 1. The molecule has 0 saturated carbocycles. The largest absolute Gasteiger partial charge is 0.512 e. The quantitative estimate of drug-likeness (QED) is 0.793. The highest BCUT2D eigenvalue weighted by atomic mass is 19.4. The van der Waals surface area contributed by atoms with E-state index < -0.39 is 11.7 Å². The summed E-state index contributed by atoms with van der Waals surface area (Å²) >= 11 is 0. The van der Waals surface area contributed by atoms with Crippen LogP contribution in [-0.2, 0) is 11.0 Å². The van der Waals surface area contributed by atoms with Gasteiger partial charge in [-0.3, -0.25) is 4.79 Å². The lowest BCUT2D eigenvalue weighted by Gasteiger charge is -2.41. The van der Waals surface area contributed by atoms with Gasteiger partial charge in [0, 0.05) is 37.0 Å². The first-order chi connectivity index (χ1) is 12.8. The minimum atomic E-state index is -4.42. The number of fused-ring (bicyclic) bond motifs is 1. The standard InChI is InChI=1S/C20H21F3N2O2/c21-20(22,23)13-6-7-16-15(10-13)18(25-8-2-5-19(25)27)11-17(24-16)12-3-1-4-14(26)9-12/h1,3-4,6-7,10,12,17-18,24,26H,2,5,8-9,11H2. The Morgan fingerprint density at radius 1 is 1.26 bits per heavy atom. The van der Waals surface area contributed by atoms with E-state index in [1.165, 1.54) is 12.1 Å². The lowest BCUT2D eigenvalue weighted by atomic mass is 9.82. The smallest absolute Gasteiger partial charge is 0.416 e. The van der Waals surface area contributed by atoms with Crippen molar-refractivity contribution in [2.75, 3.05) is 11.9 Å². The van der Waals surface area contributed by atoms with Gasteiger partial charge in [0.25, 0.3) is 0 Å². The Morgan fingerprint density at radius 2 is 2.07 bits per heavy atom. The van der Waals surface area contributed by atoms with Gasteiger partial charge in [0.05, 0.1) is 17.4 Å². The molecule has 0 spiro atoms. The number of aliphatic hydroxyl groups is 1. The predicted molar refractivity (Wildman–Crippen MR) is 95.1 cm³/mol. The second-order valence-electron chi connectivity index (χ2n) is 7.40. The summed E-state index contributed by atoms with van der Waals surface area (Å²) < 4.78 is 39.6. The Bertz CT molecular complexity index is 816. The highest BCUT2D eigenvalue weighted by molar-refractivity contribution is 5.79. The van der Waals surface area contributed by atoms with Crippen LogP contribution in [0.25, 0.3) is 0 Å². The fraction of sp³-hybridized carbons (Fsp3) is 0.450. The summed E-state index contributed by atoms with van der Waals surface area (Å²) in [4.78, 5) is 14.0. The molecule has 1 fully saturated rings. The van der Waals surface area contributed by atoms with E-state index in [1.54, 1.807) is 17.1 Å². The maximum Gasteiger partial charge on any atom is 0.416 e. The van der Waals surface area contributed by atoms with Crippen LogP contribution in [0.15, 0.2) is 42.2 Å². The molecule has 2 heterocycles. The van der Waals surface area contributed by atoms with Crippen molar-refractivity contribution in [1.82, 2.24) is 4.90 Å². The third-order valence-corrected chi connectivity index (χ3v) is 5.65. The Balaban J connectivity index is 1.70. The summed E-state index contributed by atoms with van der Waals surface area (Å²) in [7, 11) is 0. The number of aliphatic hydroxyl groups excluding tert-OH is 1. The van der Waals surface area contributed by atoms with Gasteiger partial charge in [-0.05, 0) is 42.7 Å². The summed E-state index contributed by atoms with van der Waals surface area (Å²) in [5.74, 6) is 0.299. The molecule has 144 valence electrons. The summed E-state index contributed by atoms with van der Waals surface area (Å²) in [5, 5.41) is 13.2.